The van der Waals surface area contributed by atoms with Crippen LogP contribution in [-0.4, -0.2) is 6.54 Å². The number of benzene rings is 2. The molecule has 1 aliphatic rings. The second-order valence-electron chi connectivity index (χ2n) is 4.49. The summed E-state index contributed by atoms with van der Waals surface area (Å²) < 4.78 is 26.8. The summed E-state index contributed by atoms with van der Waals surface area (Å²) in [6, 6.07) is 9.53. The summed E-state index contributed by atoms with van der Waals surface area (Å²) in [5.74, 6) is -1.05. The third kappa shape index (κ3) is 1.86. The quantitative estimate of drug-likeness (QED) is 0.801. The van der Waals surface area contributed by atoms with Crippen LogP contribution in [0.4, 0.5) is 14.5 Å². The molecule has 0 radical (unpaired) electrons. The summed E-state index contributed by atoms with van der Waals surface area (Å²) in [4.78, 5) is 0. The van der Waals surface area contributed by atoms with Gasteiger partial charge in [0.1, 0.15) is 11.6 Å². The molecule has 0 aromatic heterocycles. The fourth-order valence-electron chi connectivity index (χ4n) is 2.47. The summed E-state index contributed by atoms with van der Waals surface area (Å²) in [5.41, 5.74) is 3.51. The minimum Gasteiger partial charge on any atom is -0.385 e. The van der Waals surface area contributed by atoms with E-state index in [-0.39, 0.29) is 0 Å². The van der Waals surface area contributed by atoms with Crippen molar-refractivity contribution in [2.45, 2.75) is 12.8 Å². The third-order valence-electron chi connectivity index (χ3n) is 3.32. The molecule has 0 saturated heterocycles. The summed E-state index contributed by atoms with van der Waals surface area (Å²) in [5, 5.41) is 3.31. The van der Waals surface area contributed by atoms with Crippen molar-refractivity contribution < 1.29 is 8.78 Å². The van der Waals surface area contributed by atoms with Crippen LogP contribution in [0.1, 0.15) is 12.0 Å². The lowest BCUT2D eigenvalue weighted by atomic mass is 9.93. The lowest BCUT2D eigenvalue weighted by Gasteiger charge is -2.21. The van der Waals surface area contributed by atoms with Gasteiger partial charge in [-0.3, -0.25) is 0 Å². The largest absolute Gasteiger partial charge is 0.385 e. The standard InChI is InChI=1S/C15H13F2N/c16-10-6-7-12(14(17)9-10)11-3-1-5-15-13(11)4-2-8-18-15/h1,3,5-7,9,18H,2,4,8H2. The van der Waals surface area contributed by atoms with Crippen molar-refractivity contribution in [3.63, 3.8) is 0 Å². The Bertz CT molecular complexity index is 593. The van der Waals surface area contributed by atoms with E-state index in [0.717, 1.165) is 42.3 Å². The van der Waals surface area contributed by atoms with Crippen molar-refractivity contribution >= 4 is 5.69 Å². The number of fused-ring (bicyclic) bond motifs is 1. The van der Waals surface area contributed by atoms with E-state index >= 15 is 0 Å². The van der Waals surface area contributed by atoms with Crippen LogP contribution < -0.4 is 5.32 Å². The Kier molecular flexibility index (Phi) is 2.74. The maximum absolute atomic E-state index is 13.8. The Balaban J connectivity index is 2.17. The SMILES string of the molecule is Fc1ccc(-c2cccc3c2CCCN3)c(F)c1. The van der Waals surface area contributed by atoms with Crippen LogP contribution in [0, 0.1) is 11.6 Å². The summed E-state index contributed by atoms with van der Waals surface area (Å²) in [7, 11) is 0. The maximum atomic E-state index is 13.8. The Labute approximate surface area is 104 Å². The van der Waals surface area contributed by atoms with Crippen molar-refractivity contribution in [3.8, 4) is 11.1 Å². The first-order valence-electron chi connectivity index (χ1n) is 6.07. The molecule has 0 saturated carbocycles. The maximum Gasteiger partial charge on any atom is 0.133 e. The van der Waals surface area contributed by atoms with Crippen LogP contribution in [0.5, 0.6) is 0 Å². The van der Waals surface area contributed by atoms with E-state index in [1.807, 2.05) is 18.2 Å². The lowest BCUT2D eigenvalue weighted by molar-refractivity contribution is 0.585. The number of hydrogen-bond acceptors (Lipinski definition) is 1. The highest BCUT2D eigenvalue weighted by Gasteiger charge is 2.16. The van der Waals surface area contributed by atoms with Crippen molar-refractivity contribution in [1.29, 1.82) is 0 Å². The molecule has 0 fully saturated rings. The zero-order valence-electron chi connectivity index (χ0n) is 9.84. The van der Waals surface area contributed by atoms with Gasteiger partial charge in [0.2, 0.25) is 0 Å². The molecule has 0 atom stereocenters. The molecule has 1 heterocycles. The topological polar surface area (TPSA) is 12.0 Å². The molecule has 2 aromatic rings. The Hall–Kier alpha value is -1.90. The molecule has 3 rings (SSSR count). The first-order chi connectivity index (χ1) is 8.75. The average molecular weight is 245 g/mol. The second kappa shape index (κ2) is 4.41. The number of anilines is 1. The van der Waals surface area contributed by atoms with Gasteiger partial charge in [-0.05, 0) is 42.2 Å². The van der Waals surface area contributed by atoms with Gasteiger partial charge < -0.3 is 5.32 Å². The highest BCUT2D eigenvalue weighted by Crippen LogP contribution is 2.33. The molecular weight excluding hydrogens is 232 g/mol. The van der Waals surface area contributed by atoms with Crippen LogP contribution >= 0.6 is 0 Å². The van der Waals surface area contributed by atoms with Crippen molar-refractivity contribution in [2.75, 3.05) is 11.9 Å². The van der Waals surface area contributed by atoms with E-state index in [0.29, 0.717) is 5.56 Å². The van der Waals surface area contributed by atoms with Gasteiger partial charge in [-0.1, -0.05) is 12.1 Å². The molecule has 1 N–H and O–H groups in total. The predicted molar refractivity (Wildman–Crippen MR) is 68.6 cm³/mol. The fourth-order valence-corrected chi connectivity index (χ4v) is 2.47. The van der Waals surface area contributed by atoms with Gasteiger partial charge in [-0.15, -0.1) is 0 Å². The van der Waals surface area contributed by atoms with Gasteiger partial charge in [0.05, 0.1) is 0 Å². The van der Waals surface area contributed by atoms with E-state index in [2.05, 4.69) is 5.32 Å². The molecule has 2 aromatic carbocycles. The lowest BCUT2D eigenvalue weighted by Crippen LogP contribution is -2.12. The highest BCUT2D eigenvalue weighted by molar-refractivity contribution is 5.75. The van der Waals surface area contributed by atoms with E-state index in [9.17, 15) is 8.78 Å². The molecule has 18 heavy (non-hydrogen) atoms. The van der Waals surface area contributed by atoms with Crippen LogP contribution in [0.3, 0.4) is 0 Å². The van der Waals surface area contributed by atoms with E-state index in [1.165, 1.54) is 12.1 Å². The van der Waals surface area contributed by atoms with Crippen LogP contribution in [0.25, 0.3) is 11.1 Å². The number of hydrogen-bond donors (Lipinski definition) is 1. The first kappa shape index (κ1) is 11.2. The molecule has 0 aliphatic carbocycles. The molecule has 1 aliphatic heterocycles. The van der Waals surface area contributed by atoms with Gasteiger partial charge in [-0.2, -0.15) is 0 Å². The molecule has 0 bridgehead atoms. The van der Waals surface area contributed by atoms with Crippen molar-refractivity contribution in [3.05, 3.63) is 53.6 Å². The Morgan fingerprint density at radius 2 is 1.89 bits per heavy atom. The number of nitrogens with one attached hydrogen (secondary N) is 1. The summed E-state index contributed by atoms with van der Waals surface area (Å²) in [6.07, 6.45) is 1.96. The predicted octanol–water partition coefficient (Wildman–Crippen LogP) is 3.99. The van der Waals surface area contributed by atoms with E-state index < -0.39 is 11.6 Å². The van der Waals surface area contributed by atoms with Crippen LogP contribution in [0.15, 0.2) is 36.4 Å². The Morgan fingerprint density at radius 3 is 2.72 bits per heavy atom. The molecule has 0 unspecified atom stereocenters. The summed E-state index contributed by atoms with van der Waals surface area (Å²) in [6.45, 7) is 0.947. The van der Waals surface area contributed by atoms with Crippen LogP contribution in [0.2, 0.25) is 0 Å². The minimum absolute atomic E-state index is 0.469. The Morgan fingerprint density at radius 1 is 1.00 bits per heavy atom. The number of rotatable bonds is 1. The van der Waals surface area contributed by atoms with Crippen molar-refractivity contribution in [1.82, 2.24) is 0 Å². The highest BCUT2D eigenvalue weighted by atomic mass is 19.1. The van der Waals surface area contributed by atoms with Gasteiger partial charge in [0.25, 0.3) is 0 Å². The molecule has 92 valence electrons. The molecule has 0 spiro atoms. The fraction of sp³-hybridized carbons (Fsp3) is 0.200. The summed E-state index contributed by atoms with van der Waals surface area (Å²) >= 11 is 0. The molecular formula is C15H13F2N. The smallest absolute Gasteiger partial charge is 0.133 e. The van der Waals surface area contributed by atoms with E-state index in [1.54, 1.807) is 0 Å². The van der Waals surface area contributed by atoms with Crippen LogP contribution in [-0.2, 0) is 6.42 Å². The van der Waals surface area contributed by atoms with Gasteiger partial charge in [-0.25, -0.2) is 8.78 Å². The number of halogens is 2. The van der Waals surface area contributed by atoms with Crippen molar-refractivity contribution in [2.24, 2.45) is 0 Å². The van der Waals surface area contributed by atoms with Gasteiger partial charge in [0.15, 0.2) is 0 Å². The normalized spacial score (nSPS) is 13.9. The van der Waals surface area contributed by atoms with E-state index in [4.69, 9.17) is 0 Å². The second-order valence-corrected chi connectivity index (χ2v) is 4.49. The zero-order chi connectivity index (χ0) is 12.5. The van der Waals surface area contributed by atoms with Gasteiger partial charge >= 0.3 is 0 Å². The monoisotopic (exact) mass is 245 g/mol. The zero-order valence-corrected chi connectivity index (χ0v) is 9.84. The molecule has 1 nitrogen and oxygen atoms in total. The minimum atomic E-state index is -0.542. The average Bonchev–Trinajstić information content (AvgIpc) is 2.38. The third-order valence-corrected chi connectivity index (χ3v) is 3.32. The molecule has 3 heteroatoms. The molecule has 0 amide bonds. The first-order valence-corrected chi connectivity index (χ1v) is 6.07. The van der Waals surface area contributed by atoms with Gasteiger partial charge in [0, 0.05) is 23.9 Å².